The van der Waals surface area contributed by atoms with Gasteiger partial charge in [-0.3, -0.25) is 24.0 Å². The number of esters is 1. The highest BCUT2D eigenvalue weighted by atomic mass is 16.8. The van der Waals surface area contributed by atoms with E-state index in [1.165, 1.54) is 15.9 Å². The van der Waals surface area contributed by atoms with Gasteiger partial charge in [0.2, 0.25) is 17.7 Å². The van der Waals surface area contributed by atoms with Crippen LogP contribution in [0.1, 0.15) is 48.8 Å². The second-order valence-electron chi connectivity index (χ2n) is 15.6. The lowest BCUT2D eigenvalue weighted by atomic mass is 9.62. The molecule has 7 atom stereocenters. The number of fused-ring (bicyclic) bond motifs is 4. The third-order valence-corrected chi connectivity index (χ3v) is 11.9. The Hall–Kier alpha value is -4.14. The zero-order valence-corrected chi connectivity index (χ0v) is 30.4. The van der Waals surface area contributed by atoms with Crippen LogP contribution in [0.15, 0.2) is 60.7 Å². The average Bonchev–Trinajstić information content (AvgIpc) is 4.11. The molecule has 2 bridgehead atoms. The lowest BCUT2D eigenvalue weighted by Gasteiger charge is -2.50. The Balaban J connectivity index is 1.18. The van der Waals surface area contributed by atoms with Gasteiger partial charge in [0.05, 0.1) is 13.2 Å². The Kier molecular flexibility index (Phi) is 9.43. The van der Waals surface area contributed by atoms with Gasteiger partial charge in [-0.1, -0.05) is 54.6 Å². The number of hydrogen-bond donors (Lipinski definition) is 2. The number of rotatable bonds is 13. The number of aliphatic hydroxyl groups excluding tert-OH is 1. The van der Waals surface area contributed by atoms with Crippen molar-refractivity contribution in [3.8, 4) is 0 Å². The molecule has 2 N–H and O–H groups in total. The average molecular weight is 729 g/mol. The van der Waals surface area contributed by atoms with Crippen LogP contribution in [0.5, 0.6) is 0 Å². The van der Waals surface area contributed by atoms with Crippen LogP contribution in [0.2, 0.25) is 0 Å². The van der Waals surface area contributed by atoms with Crippen LogP contribution < -0.4 is 5.32 Å². The molecule has 53 heavy (non-hydrogen) atoms. The number of nitrogens with zero attached hydrogens (tertiary/aromatic N) is 3. The summed E-state index contributed by atoms with van der Waals surface area (Å²) in [5.74, 6) is -1.95. The molecule has 13 nitrogen and oxygen atoms in total. The van der Waals surface area contributed by atoms with E-state index in [4.69, 9.17) is 19.0 Å². The van der Waals surface area contributed by atoms with Gasteiger partial charge in [0.15, 0.2) is 11.8 Å². The summed E-state index contributed by atoms with van der Waals surface area (Å²) < 4.78 is 20.1. The number of hydroxylamine groups is 2. The first-order valence-electron chi connectivity index (χ1n) is 18.7. The molecule has 0 aromatic heterocycles. The molecule has 6 aliphatic rings. The molecule has 3 aliphatic heterocycles. The second-order valence-corrected chi connectivity index (χ2v) is 15.6. The Morgan fingerprint density at radius 2 is 1.66 bits per heavy atom. The molecule has 13 heteroatoms. The van der Waals surface area contributed by atoms with E-state index >= 15 is 4.79 Å². The topological polar surface area (TPSA) is 147 Å². The van der Waals surface area contributed by atoms with Crippen LogP contribution in [-0.4, -0.2) is 120 Å². The van der Waals surface area contributed by atoms with Gasteiger partial charge < -0.3 is 34.4 Å². The summed E-state index contributed by atoms with van der Waals surface area (Å²) in [5.41, 5.74) is 0.905. The fourth-order valence-electron chi connectivity index (χ4n) is 8.97. The molecular weight excluding hydrogens is 680 g/mol. The van der Waals surface area contributed by atoms with Gasteiger partial charge in [-0.15, -0.1) is 0 Å². The lowest BCUT2D eigenvalue weighted by molar-refractivity contribution is -0.235. The molecule has 0 radical (unpaired) electrons. The van der Waals surface area contributed by atoms with E-state index in [0.29, 0.717) is 0 Å². The fraction of sp³-hybridized carbons (Fsp3) is 0.550. The highest BCUT2D eigenvalue weighted by Crippen LogP contribution is 2.64. The lowest BCUT2D eigenvalue weighted by Crippen LogP contribution is -2.70. The molecule has 3 saturated carbocycles. The van der Waals surface area contributed by atoms with Crippen LogP contribution in [0.25, 0.3) is 6.08 Å². The van der Waals surface area contributed by atoms with Crippen molar-refractivity contribution in [3.63, 3.8) is 0 Å². The molecule has 0 unspecified atom stereocenters. The number of carbonyl (C=O) groups is 4. The number of benzene rings is 2. The van der Waals surface area contributed by atoms with Crippen LogP contribution in [-0.2, 0) is 51.2 Å². The summed E-state index contributed by atoms with van der Waals surface area (Å²) >= 11 is 0. The number of ether oxygens (including phenoxy) is 3. The van der Waals surface area contributed by atoms with Gasteiger partial charge in [-0.25, -0.2) is 0 Å². The maximum absolute atomic E-state index is 15.4. The van der Waals surface area contributed by atoms with Gasteiger partial charge in [0.1, 0.15) is 35.9 Å². The van der Waals surface area contributed by atoms with E-state index in [1.807, 2.05) is 54.6 Å². The summed E-state index contributed by atoms with van der Waals surface area (Å²) in [6, 6.07) is 14.8. The molecule has 3 saturated heterocycles. The summed E-state index contributed by atoms with van der Waals surface area (Å²) in [5, 5.41) is 13.8. The smallest absolute Gasteiger partial charge is 0.327 e. The van der Waals surface area contributed by atoms with Crippen molar-refractivity contribution in [3.05, 3.63) is 77.4 Å². The Morgan fingerprint density at radius 3 is 2.34 bits per heavy atom. The number of carbonyl (C=O) groups excluding carboxylic acids is 4. The van der Waals surface area contributed by atoms with Crippen molar-refractivity contribution >= 4 is 29.8 Å². The zero-order valence-electron chi connectivity index (χ0n) is 30.4. The quantitative estimate of drug-likeness (QED) is 0.232. The molecule has 2 aromatic rings. The van der Waals surface area contributed by atoms with Crippen molar-refractivity contribution < 1.29 is 43.3 Å². The number of aliphatic hydroxyl groups is 1. The Morgan fingerprint density at radius 1 is 0.981 bits per heavy atom. The minimum atomic E-state index is -1.47. The van der Waals surface area contributed by atoms with Gasteiger partial charge >= 0.3 is 5.97 Å². The molecule has 282 valence electrons. The van der Waals surface area contributed by atoms with E-state index < -0.39 is 65.5 Å². The zero-order chi connectivity index (χ0) is 37.1. The van der Waals surface area contributed by atoms with Gasteiger partial charge in [0.25, 0.3) is 0 Å². The fourth-order valence-corrected chi connectivity index (χ4v) is 8.97. The van der Waals surface area contributed by atoms with Crippen LogP contribution in [0, 0.1) is 17.3 Å². The monoisotopic (exact) mass is 728 g/mol. The van der Waals surface area contributed by atoms with Gasteiger partial charge in [0, 0.05) is 58.4 Å². The maximum Gasteiger partial charge on any atom is 0.327 e. The largest absolute Gasteiger partial charge is 0.458 e. The predicted octanol–water partition coefficient (Wildman–Crippen LogP) is 2.07. The van der Waals surface area contributed by atoms with E-state index in [9.17, 15) is 19.5 Å². The second kappa shape index (κ2) is 13.9. The molecule has 6 fully saturated rings. The molecule has 2 aromatic carbocycles. The Labute approximate surface area is 309 Å². The first-order valence-corrected chi connectivity index (χ1v) is 18.7. The highest BCUT2D eigenvalue weighted by Gasteiger charge is 2.78. The molecule has 3 aliphatic carbocycles. The molecular formula is C40H48N4O9. The third-order valence-electron chi connectivity index (χ3n) is 11.9. The van der Waals surface area contributed by atoms with E-state index in [0.717, 1.165) is 42.4 Å². The van der Waals surface area contributed by atoms with Crippen LogP contribution in [0.4, 0.5) is 0 Å². The van der Waals surface area contributed by atoms with Crippen LogP contribution in [0.3, 0.4) is 0 Å². The first kappa shape index (κ1) is 35.9. The highest BCUT2D eigenvalue weighted by molar-refractivity contribution is 5.96. The van der Waals surface area contributed by atoms with E-state index in [1.54, 1.807) is 32.3 Å². The first-order chi connectivity index (χ1) is 25.6. The number of amides is 3. The summed E-state index contributed by atoms with van der Waals surface area (Å²) in [4.78, 5) is 65.8. The van der Waals surface area contributed by atoms with Crippen molar-refractivity contribution in [2.45, 2.75) is 87.4 Å². The van der Waals surface area contributed by atoms with Crippen molar-refractivity contribution in [1.29, 1.82) is 0 Å². The van der Waals surface area contributed by atoms with Gasteiger partial charge in [-0.2, -0.15) is 5.06 Å². The third kappa shape index (κ3) is 6.25. The van der Waals surface area contributed by atoms with Crippen molar-refractivity contribution in [1.82, 2.24) is 20.2 Å². The van der Waals surface area contributed by atoms with Crippen LogP contribution >= 0.6 is 0 Å². The molecule has 0 spiro atoms. The normalized spacial score (nSPS) is 30.4. The molecule has 3 heterocycles. The van der Waals surface area contributed by atoms with Crippen molar-refractivity contribution in [2.24, 2.45) is 17.3 Å². The van der Waals surface area contributed by atoms with Crippen molar-refractivity contribution in [2.75, 3.05) is 34.3 Å². The van der Waals surface area contributed by atoms with E-state index in [-0.39, 0.29) is 50.3 Å². The van der Waals surface area contributed by atoms with E-state index in [2.05, 4.69) is 5.32 Å². The maximum atomic E-state index is 15.4. The Bertz CT molecular complexity index is 1770. The minimum Gasteiger partial charge on any atom is -0.458 e. The predicted molar refractivity (Wildman–Crippen MR) is 190 cm³/mol. The summed E-state index contributed by atoms with van der Waals surface area (Å²) in [6.07, 6.45) is 4.54. The number of hydrogen-bond acceptors (Lipinski definition) is 10. The van der Waals surface area contributed by atoms with Gasteiger partial charge in [-0.05, 0) is 48.4 Å². The SMILES string of the molecule is CN(C)C(=O)C=Cc1ccccc1CN1O[C@@H]2[C@H]3OC(C4CC4)(C4CC4)O[C@H]3[C@@H]3C[C@]2(C(=O)N(C)[C@H](Cc2ccccc2)C(=O)NCCO)[C@@H]1C(=O)O3. The summed E-state index contributed by atoms with van der Waals surface area (Å²) in [6.45, 7) is -0.118. The minimum absolute atomic E-state index is 0.0289. The molecule has 3 amide bonds. The standard InChI is InChI=1S/C40H48N4O9/c1-42(2)31(46)18-13-25-11-7-8-12-26(25)23-44-34-37(48)50-30-22-39(34,35(53-44)33-32(30)51-40(52-33,27-14-15-27)28-16-17-28)38(49)43(3)29(36(47)41-19-20-45)21-24-9-5-4-6-10-24/h4-13,18,27-30,32-35,45H,14-17,19-23H2,1-3H3,(H,41,47)/t29-,30+,32+,33+,34+,35-,39+/m1/s1. The number of likely N-dealkylation sites (N-methyl/N-ethyl adjacent to an activating group) is 2. The number of nitrogens with one attached hydrogen (secondary N) is 1. The molecule has 8 rings (SSSR count). The summed E-state index contributed by atoms with van der Waals surface area (Å²) in [7, 11) is 4.95.